The van der Waals surface area contributed by atoms with E-state index in [0.717, 1.165) is 5.56 Å². The summed E-state index contributed by atoms with van der Waals surface area (Å²) in [5.41, 5.74) is 1.91. The summed E-state index contributed by atoms with van der Waals surface area (Å²) in [6.07, 6.45) is 1.81. The minimum absolute atomic E-state index is 0.347. The van der Waals surface area contributed by atoms with Crippen molar-refractivity contribution in [2.24, 2.45) is 0 Å². The van der Waals surface area contributed by atoms with Crippen LogP contribution in [0.3, 0.4) is 0 Å². The van der Waals surface area contributed by atoms with E-state index in [1.165, 1.54) is 5.56 Å². The first-order chi connectivity index (χ1) is 6.77. The maximum absolute atomic E-state index is 5.58. The van der Waals surface area contributed by atoms with Crippen molar-refractivity contribution in [3.63, 3.8) is 0 Å². The molecule has 0 amide bonds. The highest BCUT2D eigenvalue weighted by molar-refractivity contribution is 5.30. The predicted molar refractivity (Wildman–Crippen MR) is 55.0 cm³/mol. The van der Waals surface area contributed by atoms with Gasteiger partial charge in [-0.3, -0.25) is 0 Å². The molecule has 0 saturated carbocycles. The van der Waals surface area contributed by atoms with Gasteiger partial charge in [-0.2, -0.15) is 0 Å². The Kier molecular flexibility index (Phi) is 2.40. The second-order valence-electron chi connectivity index (χ2n) is 3.57. The van der Waals surface area contributed by atoms with E-state index < -0.39 is 5.60 Å². The Morgan fingerprint density at radius 1 is 1.36 bits per heavy atom. The van der Waals surface area contributed by atoms with Gasteiger partial charge in [0.05, 0.1) is 6.61 Å². The second-order valence-corrected chi connectivity index (χ2v) is 3.57. The molecule has 14 heavy (non-hydrogen) atoms. The molecule has 1 atom stereocenters. The molecule has 2 rings (SSSR count). The molecule has 0 N–H and O–H groups in total. The SMILES string of the molecule is C=C[C@@]1(c2ccc(C)cc2)COCO1. The van der Waals surface area contributed by atoms with E-state index in [1.54, 1.807) is 0 Å². The summed E-state index contributed by atoms with van der Waals surface area (Å²) in [6.45, 7) is 6.78. The lowest BCUT2D eigenvalue weighted by molar-refractivity contribution is 0.0154. The Morgan fingerprint density at radius 2 is 2.07 bits per heavy atom. The van der Waals surface area contributed by atoms with Crippen molar-refractivity contribution in [2.45, 2.75) is 12.5 Å². The zero-order valence-electron chi connectivity index (χ0n) is 8.32. The van der Waals surface area contributed by atoms with Gasteiger partial charge in [-0.05, 0) is 12.5 Å². The summed E-state index contributed by atoms with van der Waals surface area (Å²) < 4.78 is 10.8. The van der Waals surface area contributed by atoms with E-state index in [4.69, 9.17) is 9.47 Å². The number of benzene rings is 1. The molecule has 0 spiro atoms. The summed E-state index contributed by atoms with van der Waals surface area (Å²) in [5, 5.41) is 0. The van der Waals surface area contributed by atoms with Crippen LogP contribution in [0.25, 0.3) is 0 Å². The zero-order valence-corrected chi connectivity index (χ0v) is 8.32. The van der Waals surface area contributed by atoms with Crippen molar-refractivity contribution < 1.29 is 9.47 Å². The molecule has 1 fully saturated rings. The van der Waals surface area contributed by atoms with Gasteiger partial charge in [0.25, 0.3) is 0 Å². The topological polar surface area (TPSA) is 18.5 Å². The van der Waals surface area contributed by atoms with Crippen molar-refractivity contribution in [1.29, 1.82) is 0 Å². The number of hydrogen-bond donors (Lipinski definition) is 0. The lowest BCUT2D eigenvalue weighted by atomic mass is 9.94. The van der Waals surface area contributed by atoms with Crippen LogP contribution in [0.1, 0.15) is 11.1 Å². The monoisotopic (exact) mass is 190 g/mol. The first-order valence-electron chi connectivity index (χ1n) is 4.69. The standard InChI is InChI=1S/C12H14O2/c1-3-12(8-13-9-14-12)11-6-4-10(2)5-7-11/h3-7H,1,8-9H2,2H3/t12-/m0/s1. The van der Waals surface area contributed by atoms with Gasteiger partial charge in [-0.25, -0.2) is 0 Å². The molecule has 0 unspecified atom stereocenters. The average Bonchev–Trinajstić information content (AvgIpc) is 2.68. The molecular weight excluding hydrogens is 176 g/mol. The predicted octanol–water partition coefficient (Wildman–Crippen LogP) is 2.38. The van der Waals surface area contributed by atoms with Crippen LogP contribution in [0, 0.1) is 6.92 Å². The van der Waals surface area contributed by atoms with Crippen LogP contribution in [0.2, 0.25) is 0 Å². The Balaban J connectivity index is 2.36. The molecule has 1 aliphatic heterocycles. The molecule has 0 radical (unpaired) electrons. The van der Waals surface area contributed by atoms with Crippen LogP contribution in [-0.4, -0.2) is 13.4 Å². The van der Waals surface area contributed by atoms with Crippen LogP contribution < -0.4 is 0 Å². The third kappa shape index (κ3) is 1.47. The molecule has 74 valence electrons. The minimum atomic E-state index is -0.437. The maximum atomic E-state index is 5.58. The number of aryl methyl sites for hydroxylation is 1. The Labute approximate surface area is 84.2 Å². The smallest absolute Gasteiger partial charge is 0.148 e. The van der Waals surface area contributed by atoms with Crippen LogP contribution in [0.5, 0.6) is 0 Å². The fourth-order valence-corrected chi connectivity index (χ4v) is 1.62. The molecule has 0 bridgehead atoms. The lowest BCUT2D eigenvalue weighted by Gasteiger charge is -2.22. The van der Waals surface area contributed by atoms with Gasteiger partial charge in [0.15, 0.2) is 0 Å². The molecule has 2 nitrogen and oxygen atoms in total. The normalized spacial score (nSPS) is 26.4. The molecular formula is C12H14O2. The minimum Gasteiger partial charge on any atom is -0.352 e. The highest BCUT2D eigenvalue weighted by Crippen LogP contribution is 2.31. The summed E-state index contributed by atoms with van der Waals surface area (Å²) in [6, 6.07) is 8.27. The van der Waals surface area contributed by atoms with Crippen molar-refractivity contribution in [1.82, 2.24) is 0 Å². The quantitative estimate of drug-likeness (QED) is 0.666. The molecule has 1 heterocycles. The Morgan fingerprint density at radius 3 is 2.57 bits per heavy atom. The van der Waals surface area contributed by atoms with Gasteiger partial charge >= 0.3 is 0 Å². The fraction of sp³-hybridized carbons (Fsp3) is 0.333. The van der Waals surface area contributed by atoms with Crippen LogP contribution in [-0.2, 0) is 15.1 Å². The van der Waals surface area contributed by atoms with Crippen molar-refractivity contribution in [3.05, 3.63) is 48.0 Å². The average molecular weight is 190 g/mol. The van der Waals surface area contributed by atoms with E-state index in [-0.39, 0.29) is 0 Å². The van der Waals surface area contributed by atoms with Gasteiger partial charge in [-0.15, -0.1) is 0 Å². The number of rotatable bonds is 2. The number of hydrogen-bond acceptors (Lipinski definition) is 2. The van der Waals surface area contributed by atoms with Crippen LogP contribution in [0.4, 0.5) is 0 Å². The highest BCUT2D eigenvalue weighted by atomic mass is 16.7. The lowest BCUT2D eigenvalue weighted by Crippen LogP contribution is -2.25. The van der Waals surface area contributed by atoms with E-state index in [1.807, 2.05) is 6.08 Å². The van der Waals surface area contributed by atoms with Gasteiger partial charge < -0.3 is 9.47 Å². The Hall–Kier alpha value is -1.12. The van der Waals surface area contributed by atoms with E-state index >= 15 is 0 Å². The molecule has 1 aromatic carbocycles. The molecule has 1 aromatic rings. The summed E-state index contributed by atoms with van der Waals surface area (Å²) in [4.78, 5) is 0. The van der Waals surface area contributed by atoms with E-state index in [0.29, 0.717) is 13.4 Å². The number of ether oxygens (including phenoxy) is 2. The third-order valence-corrected chi connectivity index (χ3v) is 2.59. The van der Waals surface area contributed by atoms with Gasteiger partial charge in [-0.1, -0.05) is 42.5 Å². The summed E-state index contributed by atoms with van der Waals surface area (Å²) in [5.74, 6) is 0. The third-order valence-electron chi connectivity index (χ3n) is 2.59. The molecule has 0 aromatic heterocycles. The summed E-state index contributed by atoms with van der Waals surface area (Å²) >= 11 is 0. The first kappa shape index (κ1) is 9.44. The van der Waals surface area contributed by atoms with Crippen molar-refractivity contribution in [2.75, 3.05) is 13.4 Å². The fourth-order valence-electron chi connectivity index (χ4n) is 1.62. The maximum Gasteiger partial charge on any atom is 0.148 e. The van der Waals surface area contributed by atoms with Crippen LogP contribution in [0.15, 0.2) is 36.9 Å². The molecule has 1 saturated heterocycles. The van der Waals surface area contributed by atoms with E-state index in [9.17, 15) is 0 Å². The largest absolute Gasteiger partial charge is 0.352 e. The van der Waals surface area contributed by atoms with Crippen molar-refractivity contribution >= 4 is 0 Å². The van der Waals surface area contributed by atoms with Gasteiger partial charge in [0, 0.05) is 0 Å². The second kappa shape index (κ2) is 3.56. The summed E-state index contributed by atoms with van der Waals surface area (Å²) in [7, 11) is 0. The van der Waals surface area contributed by atoms with Crippen LogP contribution >= 0.6 is 0 Å². The van der Waals surface area contributed by atoms with Crippen molar-refractivity contribution in [3.8, 4) is 0 Å². The van der Waals surface area contributed by atoms with Gasteiger partial charge in [0.2, 0.25) is 0 Å². The van der Waals surface area contributed by atoms with E-state index in [2.05, 4.69) is 37.8 Å². The van der Waals surface area contributed by atoms with Gasteiger partial charge in [0.1, 0.15) is 12.4 Å². The first-order valence-corrected chi connectivity index (χ1v) is 4.69. The highest BCUT2D eigenvalue weighted by Gasteiger charge is 2.34. The zero-order chi connectivity index (χ0) is 10.0. The Bertz CT molecular complexity index is 321. The molecule has 0 aliphatic carbocycles. The molecule has 2 heteroatoms. The molecule has 1 aliphatic rings.